The van der Waals surface area contributed by atoms with E-state index in [4.69, 9.17) is 0 Å². The van der Waals surface area contributed by atoms with Gasteiger partial charge in [0.05, 0.1) is 5.69 Å². The first-order chi connectivity index (χ1) is 11.9. The van der Waals surface area contributed by atoms with Crippen molar-refractivity contribution in [2.24, 2.45) is 0 Å². The Balaban J connectivity index is 2.03. The first-order valence-electron chi connectivity index (χ1n) is 7.62. The van der Waals surface area contributed by atoms with Gasteiger partial charge in [0.2, 0.25) is 5.91 Å². The summed E-state index contributed by atoms with van der Waals surface area (Å²) >= 11 is 1.89. The summed E-state index contributed by atoms with van der Waals surface area (Å²) in [6.45, 7) is 3.80. The standard InChI is InChI=1S/C17H19F2N3OS2/c1-10-12(11(2)21-17(20-10)24-3)8-9-15(23)22-13-6-4-5-7-14(13)25-16(18)19/h4-7,16H,8-9H2,1-3H3,(H,22,23). The maximum atomic E-state index is 12.6. The summed E-state index contributed by atoms with van der Waals surface area (Å²) in [6, 6.07) is 6.55. The smallest absolute Gasteiger partial charge is 0.288 e. The summed E-state index contributed by atoms with van der Waals surface area (Å²) < 4.78 is 25.2. The lowest BCUT2D eigenvalue weighted by Crippen LogP contribution is -2.14. The van der Waals surface area contributed by atoms with E-state index in [1.165, 1.54) is 11.8 Å². The lowest BCUT2D eigenvalue weighted by atomic mass is 10.1. The molecule has 1 N–H and O–H groups in total. The Morgan fingerprint density at radius 3 is 2.44 bits per heavy atom. The Morgan fingerprint density at radius 2 is 1.84 bits per heavy atom. The van der Waals surface area contributed by atoms with E-state index in [2.05, 4.69) is 15.3 Å². The molecule has 4 nitrogen and oxygen atoms in total. The number of hydrogen-bond donors (Lipinski definition) is 1. The molecular weight excluding hydrogens is 364 g/mol. The summed E-state index contributed by atoms with van der Waals surface area (Å²) in [5, 5.41) is 3.42. The number of amides is 1. The van der Waals surface area contributed by atoms with Gasteiger partial charge < -0.3 is 5.32 Å². The van der Waals surface area contributed by atoms with E-state index in [1.807, 2.05) is 20.1 Å². The number of aromatic nitrogens is 2. The van der Waals surface area contributed by atoms with Crippen LogP contribution < -0.4 is 5.32 Å². The average Bonchev–Trinajstić information content (AvgIpc) is 2.55. The average molecular weight is 383 g/mol. The molecule has 0 saturated heterocycles. The Morgan fingerprint density at radius 1 is 1.20 bits per heavy atom. The van der Waals surface area contributed by atoms with Crippen LogP contribution in [0.3, 0.4) is 0 Å². The van der Waals surface area contributed by atoms with Crippen LogP contribution in [0, 0.1) is 13.8 Å². The molecule has 0 radical (unpaired) electrons. The predicted molar refractivity (Wildman–Crippen MR) is 98.5 cm³/mol. The van der Waals surface area contributed by atoms with Gasteiger partial charge in [0, 0.05) is 22.7 Å². The first kappa shape index (κ1) is 19.7. The van der Waals surface area contributed by atoms with E-state index in [0.717, 1.165) is 17.0 Å². The molecular formula is C17H19F2N3OS2. The molecule has 0 aliphatic heterocycles. The minimum Gasteiger partial charge on any atom is -0.325 e. The van der Waals surface area contributed by atoms with Gasteiger partial charge in [-0.05, 0) is 44.2 Å². The van der Waals surface area contributed by atoms with Crippen LogP contribution in [0.2, 0.25) is 0 Å². The zero-order valence-electron chi connectivity index (χ0n) is 14.2. The van der Waals surface area contributed by atoms with Gasteiger partial charge in [0.25, 0.3) is 5.76 Å². The maximum Gasteiger partial charge on any atom is 0.288 e. The van der Waals surface area contributed by atoms with Gasteiger partial charge in [-0.25, -0.2) is 9.97 Å². The van der Waals surface area contributed by atoms with Crippen molar-refractivity contribution in [1.29, 1.82) is 0 Å². The third kappa shape index (κ3) is 5.67. The highest BCUT2D eigenvalue weighted by Crippen LogP contribution is 2.31. The van der Waals surface area contributed by atoms with Crippen molar-refractivity contribution in [1.82, 2.24) is 9.97 Å². The number of carbonyl (C=O) groups is 1. The lowest BCUT2D eigenvalue weighted by Gasteiger charge is -2.12. The molecule has 0 bridgehead atoms. The number of para-hydroxylation sites is 1. The Kier molecular flexibility index (Phi) is 7.19. The van der Waals surface area contributed by atoms with Crippen LogP contribution in [-0.2, 0) is 11.2 Å². The summed E-state index contributed by atoms with van der Waals surface area (Å²) in [4.78, 5) is 21.4. The van der Waals surface area contributed by atoms with E-state index in [-0.39, 0.29) is 12.3 Å². The van der Waals surface area contributed by atoms with E-state index >= 15 is 0 Å². The molecule has 0 unspecified atom stereocenters. The second kappa shape index (κ2) is 9.15. The van der Waals surface area contributed by atoms with E-state index in [9.17, 15) is 13.6 Å². The molecule has 0 saturated carbocycles. The van der Waals surface area contributed by atoms with Gasteiger partial charge in [-0.15, -0.1) is 0 Å². The van der Waals surface area contributed by atoms with Crippen molar-refractivity contribution in [3.63, 3.8) is 0 Å². The molecule has 0 fully saturated rings. The predicted octanol–water partition coefficient (Wildman–Crippen LogP) is 4.70. The number of rotatable bonds is 7. The second-order valence-electron chi connectivity index (χ2n) is 5.28. The summed E-state index contributed by atoms with van der Waals surface area (Å²) in [7, 11) is 0. The molecule has 134 valence electrons. The number of thioether (sulfide) groups is 2. The van der Waals surface area contributed by atoms with Gasteiger partial charge in [0.15, 0.2) is 5.16 Å². The fourth-order valence-electron chi connectivity index (χ4n) is 2.38. The van der Waals surface area contributed by atoms with E-state index in [0.29, 0.717) is 33.9 Å². The fourth-order valence-corrected chi connectivity index (χ4v) is 3.43. The Labute approximate surface area is 154 Å². The Hall–Kier alpha value is -1.67. The van der Waals surface area contributed by atoms with E-state index < -0.39 is 5.76 Å². The molecule has 25 heavy (non-hydrogen) atoms. The van der Waals surface area contributed by atoms with Crippen LogP contribution >= 0.6 is 23.5 Å². The molecule has 8 heteroatoms. The minimum atomic E-state index is -2.53. The lowest BCUT2D eigenvalue weighted by molar-refractivity contribution is -0.116. The molecule has 0 spiro atoms. The number of nitrogens with one attached hydrogen (secondary N) is 1. The number of benzene rings is 1. The SMILES string of the molecule is CSc1nc(C)c(CCC(=O)Nc2ccccc2SC(F)F)c(C)n1. The summed E-state index contributed by atoms with van der Waals surface area (Å²) in [6.07, 6.45) is 2.65. The third-order valence-corrected chi connectivity index (χ3v) is 4.90. The first-order valence-corrected chi connectivity index (χ1v) is 9.73. The van der Waals surface area contributed by atoms with Crippen LogP contribution in [0.15, 0.2) is 34.3 Å². The third-order valence-electron chi connectivity index (χ3n) is 3.56. The van der Waals surface area contributed by atoms with Gasteiger partial charge in [-0.3, -0.25) is 4.79 Å². The number of alkyl halides is 2. The van der Waals surface area contributed by atoms with Crippen molar-refractivity contribution >= 4 is 35.1 Å². The fraction of sp³-hybridized carbons (Fsp3) is 0.353. The topological polar surface area (TPSA) is 54.9 Å². The van der Waals surface area contributed by atoms with Gasteiger partial charge in [0.1, 0.15) is 0 Å². The zero-order valence-corrected chi connectivity index (χ0v) is 15.8. The molecule has 0 aliphatic carbocycles. The highest BCUT2D eigenvalue weighted by atomic mass is 32.2. The number of anilines is 1. The number of aryl methyl sites for hydroxylation is 2. The normalized spacial score (nSPS) is 11.0. The maximum absolute atomic E-state index is 12.6. The monoisotopic (exact) mass is 383 g/mol. The number of nitrogens with zero attached hydrogens (tertiary/aromatic N) is 2. The molecule has 1 heterocycles. The molecule has 1 amide bonds. The highest BCUT2D eigenvalue weighted by Gasteiger charge is 2.13. The second-order valence-corrected chi connectivity index (χ2v) is 7.09. The molecule has 1 aromatic heterocycles. The molecule has 0 atom stereocenters. The molecule has 0 aliphatic rings. The number of halogens is 2. The highest BCUT2D eigenvalue weighted by molar-refractivity contribution is 7.99. The van der Waals surface area contributed by atoms with Crippen LogP contribution in [0.4, 0.5) is 14.5 Å². The van der Waals surface area contributed by atoms with Crippen LogP contribution in [0.1, 0.15) is 23.4 Å². The molecule has 2 aromatic rings. The van der Waals surface area contributed by atoms with E-state index in [1.54, 1.807) is 24.3 Å². The van der Waals surface area contributed by atoms with Crippen LogP contribution in [-0.4, -0.2) is 27.9 Å². The van der Waals surface area contributed by atoms with Gasteiger partial charge >= 0.3 is 0 Å². The summed E-state index contributed by atoms with van der Waals surface area (Å²) in [5.41, 5.74) is 3.07. The Bertz CT molecular complexity index is 733. The number of hydrogen-bond acceptors (Lipinski definition) is 5. The molecule has 1 aromatic carbocycles. The van der Waals surface area contributed by atoms with Gasteiger partial charge in [-0.1, -0.05) is 35.7 Å². The van der Waals surface area contributed by atoms with Crippen LogP contribution in [0.25, 0.3) is 0 Å². The number of carbonyl (C=O) groups excluding carboxylic acids is 1. The van der Waals surface area contributed by atoms with Crippen molar-refractivity contribution in [3.05, 3.63) is 41.2 Å². The largest absolute Gasteiger partial charge is 0.325 e. The summed E-state index contributed by atoms with van der Waals surface area (Å²) in [5.74, 6) is -2.76. The zero-order chi connectivity index (χ0) is 18.4. The van der Waals surface area contributed by atoms with Crippen molar-refractivity contribution in [2.45, 2.75) is 42.5 Å². The van der Waals surface area contributed by atoms with Crippen LogP contribution in [0.5, 0.6) is 0 Å². The van der Waals surface area contributed by atoms with Crippen molar-refractivity contribution in [3.8, 4) is 0 Å². The quantitative estimate of drug-likeness (QED) is 0.555. The van der Waals surface area contributed by atoms with Crippen molar-refractivity contribution in [2.75, 3.05) is 11.6 Å². The minimum absolute atomic E-state index is 0.227. The molecule has 2 rings (SSSR count). The van der Waals surface area contributed by atoms with Crippen molar-refractivity contribution < 1.29 is 13.6 Å². The van der Waals surface area contributed by atoms with Gasteiger partial charge in [-0.2, -0.15) is 8.78 Å².